The average molecular weight is 319 g/mol. The van der Waals surface area contributed by atoms with Gasteiger partial charge in [-0.1, -0.05) is 35.9 Å². The lowest BCUT2D eigenvalue weighted by molar-refractivity contribution is -0.142. The van der Waals surface area contributed by atoms with E-state index in [0.29, 0.717) is 31.1 Å². The van der Waals surface area contributed by atoms with Gasteiger partial charge < -0.3 is 0 Å². The molecule has 0 aromatic heterocycles. The highest BCUT2D eigenvalue weighted by Gasteiger charge is 2.47. The zero-order valence-corrected chi connectivity index (χ0v) is 13.3. The summed E-state index contributed by atoms with van der Waals surface area (Å²) in [6.45, 7) is 1.01. The number of hydrogen-bond donors (Lipinski definition) is 0. The first-order valence-electron chi connectivity index (χ1n) is 7.49. The van der Waals surface area contributed by atoms with E-state index in [2.05, 4.69) is 0 Å². The molecule has 2 atom stereocenters. The van der Waals surface area contributed by atoms with Crippen molar-refractivity contribution in [2.45, 2.75) is 19.4 Å². The number of carbonyl (C=O) groups is 2. The fraction of sp³-hybridized carbons (Fsp3) is 0.412. The van der Waals surface area contributed by atoms with Crippen LogP contribution < -0.4 is 0 Å². The van der Waals surface area contributed by atoms with Crippen molar-refractivity contribution in [1.82, 2.24) is 9.80 Å². The van der Waals surface area contributed by atoms with E-state index < -0.39 is 0 Å². The molecule has 2 aliphatic rings. The molecule has 2 amide bonds. The first kappa shape index (κ1) is 15.3. The lowest BCUT2D eigenvalue weighted by atomic mass is 9.85. The molecule has 116 valence electrons. The van der Waals surface area contributed by atoms with Gasteiger partial charge in [-0.3, -0.25) is 19.4 Å². The molecular weight excluding hydrogens is 300 g/mol. The summed E-state index contributed by atoms with van der Waals surface area (Å²) in [6.07, 6.45) is 5.39. The van der Waals surface area contributed by atoms with Gasteiger partial charge in [-0.15, -0.1) is 0 Å². The van der Waals surface area contributed by atoms with Gasteiger partial charge in [0.1, 0.15) is 0 Å². The van der Waals surface area contributed by atoms with Gasteiger partial charge in [0.05, 0.1) is 18.5 Å². The predicted octanol–water partition coefficient (Wildman–Crippen LogP) is 2.68. The number of benzene rings is 1. The number of rotatable bonds is 4. The van der Waals surface area contributed by atoms with Crippen molar-refractivity contribution in [3.05, 3.63) is 47.0 Å². The van der Waals surface area contributed by atoms with Gasteiger partial charge in [-0.25, -0.2) is 0 Å². The molecule has 5 heteroatoms. The number of carbonyl (C=O) groups excluding carboxylic acids is 2. The van der Waals surface area contributed by atoms with E-state index in [4.69, 9.17) is 11.6 Å². The molecule has 22 heavy (non-hydrogen) atoms. The number of amides is 2. The number of halogens is 1. The fourth-order valence-corrected chi connectivity index (χ4v) is 3.33. The van der Waals surface area contributed by atoms with E-state index in [9.17, 15) is 9.59 Å². The van der Waals surface area contributed by atoms with E-state index in [0.717, 1.165) is 5.56 Å². The summed E-state index contributed by atoms with van der Waals surface area (Å²) in [7, 11) is 1.91. The van der Waals surface area contributed by atoms with Crippen molar-refractivity contribution in [2.24, 2.45) is 11.8 Å². The van der Waals surface area contributed by atoms with E-state index in [1.807, 2.05) is 48.4 Å². The number of likely N-dealkylation sites (tertiary alicyclic amines) is 1. The topological polar surface area (TPSA) is 40.6 Å². The van der Waals surface area contributed by atoms with Crippen LogP contribution in [0.4, 0.5) is 0 Å². The minimum atomic E-state index is -0.151. The van der Waals surface area contributed by atoms with Crippen molar-refractivity contribution >= 4 is 23.4 Å². The second-order valence-electron chi connectivity index (χ2n) is 6.04. The first-order chi connectivity index (χ1) is 10.6. The van der Waals surface area contributed by atoms with Crippen LogP contribution in [0.5, 0.6) is 0 Å². The number of imide groups is 1. The summed E-state index contributed by atoms with van der Waals surface area (Å²) < 4.78 is 0. The van der Waals surface area contributed by atoms with Crippen LogP contribution in [-0.2, 0) is 16.1 Å². The van der Waals surface area contributed by atoms with E-state index in [1.165, 1.54) is 4.90 Å². The van der Waals surface area contributed by atoms with E-state index >= 15 is 0 Å². The van der Waals surface area contributed by atoms with Gasteiger partial charge in [-0.2, -0.15) is 0 Å². The molecule has 1 heterocycles. The Kier molecular flexibility index (Phi) is 4.32. The molecule has 0 spiro atoms. The number of fused-ring (bicyclic) bond motifs is 1. The highest BCUT2D eigenvalue weighted by Crippen LogP contribution is 2.35. The zero-order chi connectivity index (χ0) is 15.7. The van der Waals surface area contributed by atoms with Crippen LogP contribution in [-0.4, -0.2) is 35.3 Å². The quantitative estimate of drug-likeness (QED) is 0.633. The molecular formula is C17H19ClN2O2. The van der Waals surface area contributed by atoms with Gasteiger partial charge in [0, 0.05) is 11.6 Å². The largest absolute Gasteiger partial charge is 0.284 e. The first-order valence-corrected chi connectivity index (χ1v) is 7.87. The third kappa shape index (κ3) is 2.94. The highest BCUT2D eigenvalue weighted by molar-refractivity contribution is 6.30. The molecule has 1 aliphatic heterocycles. The standard InChI is InChI=1S/C17H19ClN2O2/c1-19(10-12-6-8-13(18)9-7-12)11-20-16(21)14-4-2-3-5-15(14)17(20)22/h2-3,6-9,14-15H,4-5,10-11H2,1H3/t14-,15-/m1/s1. The molecule has 3 rings (SSSR count). The van der Waals surface area contributed by atoms with Gasteiger partial charge in [0.15, 0.2) is 0 Å². The van der Waals surface area contributed by atoms with Crippen LogP contribution in [0.3, 0.4) is 0 Å². The summed E-state index contributed by atoms with van der Waals surface area (Å²) in [5.41, 5.74) is 1.10. The third-order valence-electron chi connectivity index (χ3n) is 4.35. The van der Waals surface area contributed by atoms with Crippen molar-refractivity contribution in [3.8, 4) is 0 Å². The van der Waals surface area contributed by atoms with Crippen LogP contribution in [0.15, 0.2) is 36.4 Å². The smallest absolute Gasteiger partial charge is 0.234 e. The molecule has 0 N–H and O–H groups in total. The Bertz CT molecular complexity index is 586. The van der Waals surface area contributed by atoms with Gasteiger partial charge >= 0.3 is 0 Å². The summed E-state index contributed by atoms with van der Waals surface area (Å²) in [4.78, 5) is 28.2. The van der Waals surface area contributed by atoms with Crippen molar-refractivity contribution in [2.75, 3.05) is 13.7 Å². The van der Waals surface area contributed by atoms with Crippen LogP contribution in [0.25, 0.3) is 0 Å². The number of allylic oxidation sites excluding steroid dienone is 2. The van der Waals surface area contributed by atoms with Crippen molar-refractivity contribution in [3.63, 3.8) is 0 Å². The minimum Gasteiger partial charge on any atom is -0.284 e. The number of nitrogens with zero attached hydrogens (tertiary/aromatic N) is 2. The van der Waals surface area contributed by atoms with Gasteiger partial charge in [0.25, 0.3) is 0 Å². The molecule has 1 aromatic carbocycles. The van der Waals surface area contributed by atoms with E-state index in [-0.39, 0.29) is 23.7 Å². The average Bonchev–Trinajstić information content (AvgIpc) is 2.75. The molecule has 1 fully saturated rings. The Labute approximate surface area is 135 Å². The van der Waals surface area contributed by atoms with Crippen LogP contribution in [0.2, 0.25) is 5.02 Å². The Morgan fingerprint density at radius 2 is 1.64 bits per heavy atom. The molecule has 4 nitrogen and oxygen atoms in total. The maximum Gasteiger partial charge on any atom is 0.234 e. The maximum absolute atomic E-state index is 12.4. The van der Waals surface area contributed by atoms with Gasteiger partial charge in [-0.05, 0) is 37.6 Å². The Morgan fingerprint density at radius 3 is 2.18 bits per heavy atom. The van der Waals surface area contributed by atoms with Crippen LogP contribution in [0, 0.1) is 11.8 Å². The van der Waals surface area contributed by atoms with Crippen LogP contribution in [0.1, 0.15) is 18.4 Å². The molecule has 1 aromatic rings. The second kappa shape index (κ2) is 6.23. The van der Waals surface area contributed by atoms with Gasteiger partial charge in [0.2, 0.25) is 11.8 Å². The SMILES string of the molecule is CN(Cc1ccc(Cl)cc1)CN1C(=O)[C@@H]2CC=CC[C@H]2C1=O. The Morgan fingerprint density at radius 1 is 1.09 bits per heavy atom. The summed E-state index contributed by atoms with van der Waals surface area (Å²) in [5.74, 6) is -0.354. The van der Waals surface area contributed by atoms with Crippen molar-refractivity contribution in [1.29, 1.82) is 0 Å². The summed E-state index contributed by atoms with van der Waals surface area (Å²) >= 11 is 5.88. The summed E-state index contributed by atoms with van der Waals surface area (Å²) in [5, 5.41) is 0.702. The Hall–Kier alpha value is -1.65. The lowest BCUT2D eigenvalue weighted by Crippen LogP contribution is -2.40. The molecule has 0 bridgehead atoms. The predicted molar refractivity (Wildman–Crippen MR) is 85.0 cm³/mol. The lowest BCUT2D eigenvalue weighted by Gasteiger charge is -2.23. The molecule has 0 saturated carbocycles. The number of hydrogen-bond acceptors (Lipinski definition) is 3. The monoisotopic (exact) mass is 318 g/mol. The maximum atomic E-state index is 12.4. The zero-order valence-electron chi connectivity index (χ0n) is 12.5. The highest BCUT2D eigenvalue weighted by atomic mass is 35.5. The third-order valence-corrected chi connectivity index (χ3v) is 4.60. The van der Waals surface area contributed by atoms with Crippen molar-refractivity contribution < 1.29 is 9.59 Å². The molecule has 0 radical (unpaired) electrons. The second-order valence-corrected chi connectivity index (χ2v) is 6.48. The molecule has 1 saturated heterocycles. The summed E-state index contributed by atoms with van der Waals surface area (Å²) in [6, 6.07) is 7.60. The minimum absolute atomic E-state index is 0.0256. The van der Waals surface area contributed by atoms with Crippen LogP contribution >= 0.6 is 11.6 Å². The fourth-order valence-electron chi connectivity index (χ4n) is 3.20. The van der Waals surface area contributed by atoms with E-state index in [1.54, 1.807) is 0 Å². The molecule has 0 unspecified atom stereocenters. The Balaban J connectivity index is 1.64. The molecule has 1 aliphatic carbocycles. The normalized spacial score (nSPS) is 24.2.